The van der Waals surface area contributed by atoms with Crippen LogP contribution < -0.4 is 0 Å². The standard InChI is InChI=1S/C28H28N2O7/c1-3-25(31)34-16-17-35-27(32)30-24-18-23(15-14-20(24)2)29-28(33)37-26(22-12-8-5-9-13-22)36-19-21-10-6-4-7-11-21/h3-15,20,26H,1,16-19H2,2H3. The molecule has 2 unspecified atom stereocenters. The molecule has 37 heavy (non-hydrogen) atoms. The minimum absolute atomic E-state index is 0.107. The summed E-state index contributed by atoms with van der Waals surface area (Å²) >= 11 is 0. The van der Waals surface area contributed by atoms with E-state index in [2.05, 4.69) is 16.6 Å². The fourth-order valence-corrected chi connectivity index (χ4v) is 3.26. The van der Waals surface area contributed by atoms with Crippen LogP contribution in [-0.2, 0) is 30.3 Å². The van der Waals surface area contributed by atoms with Gasteiger partial charge in [0.05, 0.1) is 12.3 Å². The van der Waals surface area contributed by atoms with Gasteiger partial charge in [-0.3, -0.25) is 0 Å². The van der Waals surface area contributed by atoms with Crippen LogP contribution in [-0.4, -0.2) is 42.8 Å². The number of rotatable bonds is 9. The lowest BCUT2D eigenvalue weighted by Crippen LogP contribution is -2.22. The molecular formula is C28H28N2O7. The van der Waals surface area contributed by atoms with Crippen molar-refractivity contribution in [1.82, 2.24) is 0 Å². The molecule has 1 aliphatic rings. The van der Waals surface area contributed by atoms with Gasteiger partial charge in [0.15, 0.2) is 0 Å². The third kappa shape index (κ3) is 9.30. The number of carbonyl (C=O) groups is 3. The van der Waals surface area contributed by atoms with Crippen LogP contribution in [0.5, 0.6) is 0 Å². The number of benzene rings is 2. The number of carbonyl (C=O) groups excluding carboxylic acids is 3. The summed E-state index contributed by atoms with van der Waals surface area (Å²) in [6, 6.07) is 18.6. The number of aliphatic imine (C=N–C) groups is 2. The molecule has 0 saturated heterocycles. The van der Waals surface area contributed by atoms with Crippen LogP contribution in [0, 0.1) is 5.92 Å². The second-order valence-corrected chi connectivity index (χ2v) is 7.94. The van der Waals surface area contributed by atoms with Crippen molar-refractivity contribution in [3.05, 3.63) is 96.6 Å². The normalized spacial score (nSPS) is 17.7. The second-order valence-electron chi connectivity index (χ2n) is 7.94. The summed E-state index contributed by atoms with van der Waals surface area (Å²) in [7, 11) is 0. The van der Waals surface area contributed by atoms with Crippen molar-refractivity contribution in [2.45, 2.75) is 26.2 Å². The second kappa shape index (κ2) is 14.3. The van der Waals surface area contributed by atoms with Crippen LogP contribution in [0.1, 0.15) is 30.8 Å². The molecule has 1 aliphatic carbocycles. The minimum atomic E-state index is -0.956. The summed E-state index contributed by atoms with van der Waals surface area (Å²) in [4.78, 5) is 43.7. The van der Waals surface area contributed by atoms with Crippen LogP contribution in [0.4, 0.5) is 9.59 Å². The molecule has 0 aliphatic heterocycles. The quantitative estimate of drug-likeness (QED) is 0.148. The van der Waals surface area contributed by atoms with Crippen molar-refractivity contribution < 1.29 is 33.3 Å². The molecule has 2 atom stereocenters. The number of hydrogen-bond donors (Lipinski definition) is 0. The highest BCUT2D eigenvalue weighted by Gasteiger charge is 2.21. The molecule has 0 heterocycles. The van der Waals surface area contributed by atoms with Gasteiger partial charge in [0, 0.05) is 29.7 Å². The lowest BCUT2D eigenvalue weighted by molar-refractivity contribution is -0.138. The van der Waals surface area contributed by atoms with Gasteiger partial charge < -0.3 is 18.9 Å². The molecule has 192 valence electrons. The Bertz CT molecular complexity index is 1170. The summed E-state index contributed by atoms with van der Waals surface area (Å²) in [5, 5.41) is 0. The molecule has 0 fully saturated rings. The Labute approximate surface area is 215 Å². The van der Waals surface area contributed by atoms with Crippen LogP contribution in [0.15, 0.2) is 95.5 Å². The molecule has 9 heteroatoms. The molecule has 9 nitrogen and oxygen atoms in total. The fourth-order valence-electron chi connectivity index (χ4n) is 3.26. The summed E-state index contributed by atoms with van der Waals surface area (Å²) in [5.74, 6) is -0.770. The average molecular weight is 505 g/mol. The first kappa shape index (κ1) is 27.2. The molecule has 0 saturated carbocycles. The molecule has 0 spiro atoms. The summed E-state index contributed by atoms with van der Waals surface area (Å²) in [6.45, 7) is 5.13. The Balaban J connectivity index is 1.61. The van der Waals surface area contributed by atoms with E-state index in [1.807, 2.05) is 55.5 Å². The summed E-state index contributed by atoms with van der Waals surface area (Å²) < 4.78 is 21.1. The van der Waals surface area contributed by atoms with Crippen molar-refractivity contribution in [3.63, 3.8) is 0 Å². The van der Waals surface area contributed by atoms with Gasteiger partial charge in [-0.2, -0.15) is 9.98 Å². The highest BCUT2D eigenvalue weighted by molar-refractivity contribution is 6.16. The molecular weight excluding hydrogens is 476 g/mol. The number of nitrogens with zero attached hydrogens (tertiary/aromatic N) is 2. The third-order valence-corrected chi connectivity index (χ3v) is 5.18. The molecule has 0 radical (unpaired) electrons. The number of allylic oxidation sites excluding steroid dienone is 2. The van der Waals surface area contributed by atoms with E-state index in [0.717, 1.165) is 11.6 Å². The zero-order chi connectivity index (χ0) is 26.5. The zero-order valence-electron chi connectivity index (χ0n) is 20.4. The number of hydrogen-bond acceptors (Lipinski definition) is 7. The Morgan fingerprint density at radius 3 is 2.35 bits per heavy atom. The van der Waals surface area contributed by atoms with Crippen molar-refractivity contribution in [2.75, 3.05) is 13.2 Å². The molecule has 0 aromatic heterocycles. The lowest BCUT2D eigenvalue weighted by atomic mass is 9.94. The first-order chi connectivity index (χ1) is 17.9. The number of amides is 2. The Hall–Kier alpha value is -4.37. The maximum absolute atomic E-state index is 12.7. The van der Waals surface area contributed by atoms with Crippen LogP contribution in [0.2, 0.25) is 0 Å². The van der Waals surface area contributed by atoms with E-state index < -0.39 is 24.4 Å². The van der Waals surface area contributed by atoms with E-state index in [4.69, 9.17) is 18.9 Å². The van der Waals surface area contributed by atoms with Gasteiger partial charge in [0.25, 0.3) is 0 Å². The van der Waals surface area contributed by atoms with Gasteiger partial charge in [-0.25, -0.2) is 14.4 Å². The largest absolute Gasteiger partial charge is 0.459 e. The van der Waals surface area contributed by atoms with E-state index in [-0.39, 0.29) is 32.2 Å². The van der Waals surface area contributed by atoms with Gasteiger partial charge >= 0.3 is 18.2 Å². The predicted molar refractivity (Wildman–Crippen MR) is 137 cm³/mol. The van der Waals surface area contributed by atoms with Crippen molar-refractivity contribution in [1.29, 1.82) is 0 Å². The smallest absolute Gasteiger partial charge is 0.436 e. The van der Waals surface area contributed by atoms with E-state index in [9.17, 15) is 14.4 Å². The average Bonchev–Trinajstić information content (AvgIpc) is 2.91. The van der Waals surface area contributed by atoms with Crippen molar-refractivity contribution >= 4 is 29.6 Å². The van der Waals surface area contributed by atoms with Gasteiger partial charge in [-0.1, -0.05) is 80.2 Å². The SMILES string of the molecule is C=CC(=O)OCCOC(=O)N=C1CC(=NC(=O)OC(OCc2ccccc2)c2ccccc2)C=CC1C. The van der Waals surface area contributed by atoms with Crippen LogP contribution in [0.25, 0.3) is 0 Å². The first-order valence-corrected chi connectivity index (χ1v) is 11.6. The van der Waals surface area contributed by atoms with Crippen molar-refractivity contribution in [3.8, 4) is 0 Å². The summed E-state index contributed by atoms with van der Waals surface area (Å²) in [6.07, 6.45) is 2.02. The monoisotopic (exact) mass is 504 g/mol. The van der Waals surface area contributed by atoms with Gasteiger partial charge in [-0.05, 0) is 11.6 Å². The maximum Gasteiger partial charge on any atom is 0.436 e. The lowest BCUT2D eigenvalue weighted by Gasteiger charge is -2.19. The first-order valence-electron chi connectivity index (χ1n) is 11.6. The fraction of sp³-hybridized carbons (Fsp3) is 0.250. The summed E-state index contributed by atoms with van der Waals surface area (Å²) in [5.41, 5.74) is 2.46. The van der Waals surface area contributed by atoms with Gasteiger partial charge in [-0.15, -0.1) is 0 Å². The van der Waals surface area contributed by atoms with Crippen LogP contribution >= 0.6 is 0 Å². The molecule has 2 aromatic rings. The molecule has 0 bridgehead atoms. The predicted octanol–water partition coefficient (Wildman–Crippen LogP) is 5.38. The maximum atomic E-state index is 12.7. The van der Waals surface area contributed by atoms with Gasteiger partial charge in [0.1, 0.15) is 13.2 Å². The van der Waals surface area contributed by atoms with E-state index >= 15 is 0 Å². The highest BCUT2D eigenvalue weighted by Crippen LogP contribution is 2.22. The molecule has 2 amide bonds. The Morgan fingerprint density at radius 2 is 1.65 bits per heavy atom. The van der Waals surface area contributed by atoms with E-state index in [1.54, 1.807) is 24.3 Å². The van der Waals surface area contributed by atoms with E-state index in [0.29, 0.717) is 17.0 Å². The van der Waals surface area contributed by atoms with Gasteiger partial charge in [0.2, 0.25) is 6.29 Å². The topological polar surface area (TPSA) is 113 Å². The third-order valence-electron chi connectivity index (χ3n) is 5.18. The molecule has 3 rings (SSSR count). The minimum Gasteiger partial charge on any atom is -0.459 e. The number of esters is 1. The number of ether oxygens (including phenoxy) is 4. The Kier molecular flexibility index (Phi) is 10.5. The molecule has 0 N–H and O–H groups in total. The van der Waals surface area contributed by atoms with Crippen molar-refractivity contribution in [2.24, 2.45) is 15.9 Å². The highest BCUT2D eigenvalue weighted by atomic mass is 16.7. The van der Waals surface area contributed by atoms with Crippen LogP contribution in [0.3, 0.4) is 0 Å². The van der Waals surface area contributed by atoms with E-state index in [1.165, 1.54) is 0 Å². The zero-order valence-corrected chi connectivity index (χ0v) is 20.4. The Morgan fingerprint density at radius 1 is 0.973 bits per heavy atom. The molecule has 2 aromatic carbocycles.